The zero-order chi connectivity index (χ0) is 15.9. The number of amides is 1. The third-order valence-corrected chi connectivity index (χ3v) is 3.27. The van der Waals surface area contributed by atoms with Crippen LogP contribution in [0.4, 0.5) is 0 Å². The molecule has 21 heavy (non-hydrogen) atoms. The van der Waals surface area contributed by atoms with E-state index in [2.05, 4.69) is 5.32 Å². The molecule has 0 radical (unpaired) electrons. The Morgan fingerprint density at radius 3 is 2.62 bits per heavy atom. The van der Waals surface area contributed by atoms with Crippen LogP contribution in [0, 0.1) is 0 Å². The number of nitrogens with two attached hydrogens (primary N) is 1. The van der Waals surface area contributed by atoms with Gasteiger partial charge in [-0.15, -0.1) is 0 Å². The van der Waals surface area contributed by atoms with Gasteiger partial charge in [0.2, 0.25) is 5.91 Å². The van der Waals surface area contributed by atoms with Crippen LogP contribution in [0.2, 0.25) is 0 Å². The molecule has 118 valence electrons. The van der Waals surface area contributed by atoms with Gasteiger partial charge in [-0.05, 0) is 38.0 Å². The van der Waals surface area contributed by atoms with Crippen molar-refractivity contribution in [1.29, 1.82) is 0 Å². The van der Waals surface area contributed by atoms with Gasteiger partial charge in [0.1, 0.15) is 0 Å². The summed E-state index contributed by atoms with van der Waals surface area (Å²) in [6.45, 7) is 6.66. The molecule has 1 aromatic carbocycles. The van der Waals surface area contributed by atoms with E-state index in [1.165, 1.54) is 0 Å². The summed E-state index contributed by atoms with van der Waals surface area (Å²) in [6, 6.07) is 5.60. The molecule has 1 unspecified atom stereocenters. The van der Waals surface area contributed by atoms with Gasteiger partial charge in [0, 0.05) is 6.54 Å². The molecule has 0 heterocycles. The lowest BCUT2D eigenvalue weighted by atomic mass is 9.96. The maximum Gasteiger partial charge on any atom is 0.240 e. The van der Waals surface area contributed by atoms with E-state index in [4.69, 9.17) is 15.2 Å². The second-order valence-corrected chi connectivity index (χ2v) is 5.27. The van der Waals surface area contributed by atoms with Crippen molar-refractivity contribution in [2.75, 3.05) is 13.7 Å². The largest absolute Gasteiger partial charge is 0.493 e. The van der Waals surface area contributed by atoms with Gasteiger partial charge in [-0.25, -0.2) is 0 Å². The first-order valence-electron chi connectivity index (χ1n) is 7.31. The predicted molar refractivity (Wildman–Crippen MR) is 83.5 cm³/mol. The first-order valence-corrected chi connectivity index (χ1v) is 7.31. The van der Waals surface area contributed by atoms with E-state index in [-0.39, 0.29) is 5.91 Å². The van der Waals surface area contributed by atoms with E-state index in [0.717, 1.165) is 12.0 Å². The van der Waals surface area contributed by atoms with Crippen LogP contribution in [0.1, 0.15) is 39.2 Å². The summed E-state index contributed by atoms with van der Waals surface area (Å²) in [5.74, 6) is 1.22. The maximum atomic E-state index is 12.1. The molecule has 0 aliphatic rings. The van der Waals surface area contributed by atoms with E-state index in [9.17, 15) is 4.79 Å². The summed E-state index contributed by atoms with van der Waals surface area (Å²) in [5, 5.41) is 2.87. The Morgan fingerprint density at radius 1 is 1.33 bits per heavy atom. The highest BCUT2D eigenvalue weighted by Crippen LogP contribution is 2.28. The monoisotopic (exact) mass is 294 g/mol. The molecule has 0 saturated carbocycles. The second-order valence-electron chi connectivity index (χ2n) is 5.27. The van der Waals surface area contributed by atoms with Gasteiger partial charge < -0.3 is 20.5 Å². The summed E-state index contributed by atoms with van der Waals surface area (Å²) in [5.41, 5.74) is 6.12. The van der Waals surface area contributed by atoms with Crippen molar-refractivity contribution < 1.29 is 14.3 Å². The summed E-state index contributed by atoms with van der Waals surface area (Å²) in [6.07, 6.45) is 1.53. The molecule has 5 nitrogen and oxygen atoms in total. The Bertz CT molecular complexity index is 473. The smallest absolute Gasteiger partial charge is 0.240 e. The lowest BCUT2D eigenvalue weighted by Gasteiger charge is -2.23. The molecule has 3 N–H and O–H groups in total. The average molecular weight is 294 g/mol. The molecule has 0 bridgehead atoms. The van der Waals surface area contributed by atoms with E-state index < -0.39 is 5.54 Å². The molecule has 1 rings (SSSR count). The van der Waals surface area contributed by atoms with Crippen molar-refractivity contribution in [3.05, 3.63) is 23.8 Å². The minimum absolute atomic E-state index is 0.141. The standard InChI is InChI=1S/C16H26N2O3/c1-5-9-16(3,17)15(19)18-11-12-7-8-13(20-4)14(10-12)21-6-2/h7-8,10H,5-6,9,11,17H2,1-4H3,(H,18,19). The third-order valence-electron chi connectivity index (χ3n) is 3.27. The molecule has 0 aliphatic carbocycles. The number of nitrogens with one attached hydrogen (secondary N) is 1. The van der Waals surface area contributed by atoms with Crippen LogP contribution in [0.25, 0.3) is 0 Å². The van der Waals surface area contributed by atoms with Crippen LogP contribution in [0.5, 0.6) is 11.5 Å². The van der Waals surface area contributed by atoms with Crippen molar-refractivity contribution in [3.8, 4) is 11.5 Å². The highest BCUT2D eigenvalue weighted by Gasteiger charge is 2.26. The Morgan fingerprint density at radius 2 is 2.05 bits per heavy atom. The fourth-order valence-corrected chi connectivity index (χ4v) is 2.12. The molecular weight excluding hydrogens is 268 g/mol. The molecule has 0 fully saturated rings. The van der Waals surface area contributed by atoms with E-state index in [1.807, 2.05) is 32.0 Å². The van der Waals surface area contributed by atoms with Crippen molar-refractivity contribution >= 4 is 5.91 Å². The number of carbonyl (C=O) groups excluding carboxylic acids is 1. The van der Waals surface area contributed by atoms with Gasteiger partial charge in [-0.2, -0.15) is 0 Å². The number of ether oxygens (including phenoxy) is 2. The summed E-state index contributed by atoms with van der Waals surface area (Å²) in [4.78, 5) is 12.1. The van der Waals surface area contributed by atoms with Crippen molar-refractivity contribution in [1.82, 2.24) is 5.32 Å². The molecule has 1 atom stereocenters. The molecule has 0 saturated heterocycles. The lowest BCUT2D eigenvalue weighted by Crippen LogP contribution is -2.51. The number of carbonyl (C=O) groups is 1. The second kappa shape index (κ2) is 7.88. The van der Waals surface area contributed by atoms with Crippen LogP contribution < -0.4 is 20.5 Å². The molecule has 1 aromatic rings. The Labute approximate surface area is 126 Å². The normalized spacial score (nSPS) is 13.4. The lowest BCUT2D eigenvalue weighted by molar-refractivity contribution is -0.126. The molecular formula is C16H26N2O3. The maximum absolute atomic E-state index is 12.1. The zero-order valence-corrected chi connectivity index (χ0v) is 13.4. The van der Waals surface area contributed by atoms with Crippen LogP contribution in [0.15, 0.2) is 18.2 Å². The van der Waals surface area contributed by atoms with E-state index in [0.29, 0.717) is 31.1 Å². The summed E-state index contributed by atoms with van der Waals surface area (Å²) in [7, 11) is 1.60. The highest BCUT2D eigenvalue weighted by atomic mass is 16.5. The summed E-state index contributed by atoms with van der Waals surface area (Å²) < 4.78 is 10.8. The quantitative estimate of drug-likeness (QED) is 0.771. The van der Waals surface area contributed by atoms with Gasteiger partial charge in [0.25, 0.3) is 0 Å². The van der Waals surface area contributed by atoms with Crippen LogP contribution >= 0.6 is 0 Å². The Balaban J connectivity index is 2.71. The predicted octanol–water partition coefficient (Wildman–Crippen LogP) is 2.23. The zero-order valence-electron chi connectivity index (χ0n) is 13.4. The first-order chi connectivity index (χ1) is 9.94. The first kappa shape index (κ1) is 17.3. The molecule has 0 aliphatic heterocycles. The van der Waals surface area contributed by atoms with Crippen molar-refractivity contribution in [3.63, 3.8) is 0 Å². The summed E-state index contributed by atoms with van der Waals surface area (Å²) >= 11 is 0. The Kier molecular flexibility index (Phi) is 6.49. The highest BCUT2D eigenvalue weighted by molar-refractivity contribution is 5.85. The van der Waals surface area contributed by atoms with Gasteiger partial charge >= 0.3 is 0 Å². The number of benzene rings is 1. The SMILES string of the molecule is CCCC(C)(N)C(=O)NCc1ccc(OC)c(OCC)c1. The molecule has 0 aromatic heterocycles. The van der Waals surface area contributed by atoms with Crippen molar-refractivity contribution in [2.45, 2.75) is 45.7 Å². The molecule has 5 heteroatoms. The topological polar surface area (TPSA) is 73.6 Å². The fourth-order valence-electron chi connectivity index (χ4n) is 2.12. The third kappa shape index (κ3) is 4.93. The van der Waals surface area contributed by atoms with E-state index >= 15 is 0 Å². The minimum Gasteiger partial charge on any atom is -0.493 e. The number of methoxy groups -OCH3 is 1. The van der Waals surface area contributed by atoms with Crippen LogP contribution in [-0.4, -0.2) is 25.2 Å². The van der Waals surface area contributed by atoms with Crippen LogP contribution in [0.3, 0.4) is 0 Å². The number of hydrogen-bond donors (Lipinski definition) is 2. The average Bonchev–Trinajstić information content (AvgIpc) is 2.45. The number of rotatable bonds is 8. The molecule has 0 spiro atoms. The Hall–Kier alpha value is -1.75. The minimum atomic E-state index is -0.829. The van der Waals surface area contributed by atoms with Crippen LogP contribution in [-0.2, 0) is 11.3 Å². The fraction of sp³-hybridized carbons (Fsp3) is 0.562. The van der Waals surface area contributed by atoms with Gasteiger partial charge in [0.15, 0.2) is 11.5 Å². The van der Waals surface area contributed by atoms with Crippen molar-refractivity contribution in [2.24, 2.45) is 5.73 Å². The molecule has 1 amide bonds. The van der Waals surface area contributed by atoms with Gasteiger partial charge in [-0.3, -0.25) is 4.79 Å². The number of hydrogen-bond acceptors (Lipinski definition) is 4. The van der Waals surface area contributed by atoms with Gasteiger partial charge in [-0.1, -0.05) is 19.4 Å². The van der Waals surface area contributed by atoms with E-state index in [1.54, 1.807) is 14.0 Å². The van der Waals surface area contributed by atoms with Gasteiger partial charge in [0.05, 0.1) is 19.3 Å².